The molecule has 0 spiro atoms. The number of nitrogens with zero attached hydrogens (tertiary/aromatic N) is 2. The summed E-state index contributed by atoms with van der Waals surface area (Å²) in [7, 11) is 0. The van der Waals surface area contributed by atoms with E-state index >= 15 is 0 Å². The van der Waals surface area contributed by atoms with E-state index in [1.807, 2.05) is 0 Å². The molecule has 3 aliphatic rings. The molecular formula is C25H28FN3O4. The van der Waals surface area contributed by atoms with E-state index in [0.29, 0.717) is 41.7 Å². The van der Waals surface area contributed by atoms with Gasteiger partial charge in [0.2, 0.25) is 5.91 Å². The molecule has 1 aliphatic carbocycles. The summed E-state index contributed by atoms with van der Waals surface area (Å²) in [5.74, 6) is 5.20. The predicted molar refractivity (Wildman–Crippen MR) is 121 cm³/mol. The van der Waals surface area contributed by atoms with Crippen molar-refractivity contribution in [3.8, 4) is 5.75 Å². The molecule has 2 amide bonds. The quantitative estimate of drug-likeness (QED) is 0.385. The highest BCUT2D eigenvalue weighted by atomic mass is 19.1. The van der Waals surface area contributed by atoms with Gasteiger partial charge in [0.15, 0.2) is 5.90 Å². The number of nitrogens with two attached hydrogens (primary N) is 1. The van der Waals surface area contributed by atoms with Gasteiger partial charge in [0.1, 0.15) is 11.6 Å². The lowest BCUT2D eigenvalue weighted by atomic mass is 9.82. The van der Waals surface area contributed by atoms with E-state index < -0.39 is 0 Å². The van der Waals surface area contributed by atoms with Crippen molar-refractivity contribution in [2.24, 2.45) is 22.7 Å². The Kier molecular flexibility index (Phi) is 7.15. The lowest BCUT2D eigenvalue weighted by Crippen LogP contribution is -2.44. The fourth-order valence-electron chi connectivity index (χ4n) is 4.37. The standard InChI is InChI=1S/C25H28FN3O4/c1-16-3-5-17(6-4-16)13-18-14-21-22(15-23(30)29(25(21)31)11-2-12-32-27)28-24(18)33-20-9-7-19(26)8-10-20/h3-5,7-10,17-18H,2,6,11-15,27H2,1H3/t17?,18-/m1/s1. The maximum absolute atomic E-state index is 13.3. The summed E-state index contributed by atoms with van der Waals surface area (Å²) < 4.78 is 19.4. The molecule has 1 aromatic rings. The van der Waals surface area contributed by atoms with Gasteiger partial charge in [-0.05, 0) is 62.8 Å². The molecule has 0 radical (unpaired) electrons. The van der Waals surface area contributed by atoms with Crippen LogP contribution in [0.5, 0.6) is 5.75 Å². The Hall–Kier alpha value is -3.10. The molecule has 0 saturated carbocycles. The molecule has 1 aromatic carbocycles. The topological polar surface area (TPSA) is 94.2 Å². The summed E-state index contributed by atoms with van der Waals surface area (Å²) in [5.41, 5.74) is 2.25. The van der Waals surface area contributed by atoms with Crippen molar-refractivity contribution in [1.29, 1.82) is 0 Å². The van der Waals surface area contributed by atoms with Crippen molar-refractivity contribution >= 4 is 17.7 Å². The number of allylic oxidation sites excluding steroid dienone is 4. The first kappa shape index (κ1) is 23.1. The third kappa shape index (κ3) is 5.46. The number of ether oxygens (including phenoxy) is 1. The molecule has 1 unspecified atom stereocenters. The Bertz CT molecular complexity index is 1040. The number of rotatable bonds is 7. The molecule has 4 rings (SSSR count). The van der Waals surface area contributed by atoms with Crippen LogP contribution in [0.2, 0.25) is 0 Å². The van der Waals surface area contributed by atoms with Gasteiger partial charge < -0.3 is 9.57 Å². The monoisotopic (exact) mass is 453 g/mol. The largest absolute Gasteiger partial charge is 0.443 e. The second-order valence-corrected chi connectivity index (χ2v) is 8.62. The smallest absolute Gasteiger partial charge is 0.258 e. The normalized spacial score (nSPS) is 22.8. The summed E-state index contributed by atoms with van der Waals surface area (Å²) in [6.45, 7) is 2.59. The van der Waals surface area contributed by atoms with E-state index in [2.05, 4.69) is 35.0 Å². The van der Waals surface area contributed by atoms with Crippen molar-refractivity contribution in [2.75, 3.05) is 13.2 Å². The summed E-state index contributed by atoms with van der Waals surface area (Å²) in [6.07, 6.45) is 9.09. The highest BCUT2D eigenvalue weighted by Crippen LogP contribution is 2.36. The van der Waals surface area contributed by atoms with Gasteiger partial charge >= 0.3 is 0 Å². The maximum Gasteiger partial charge on any atom is 0.258 e. The first-order valence-electron chi connectivity index (χ1n) is 11.2. The van der Waals surface area contributed by atoms with Crippen LogP contribution in [0.25, 0.3) is 0 Å². The van der Waals surface area contributed by atoms with Crippen molar-refractivity contribution in [3.63, 3.8) is 0 Å². The Balaban J connectivity index is 1.59. The summed E-state index contributed by atoms with van der Waals surface area (Å²) in [5, 5.41) is 0. The number of aliphatic imine (C=N–C) groups is 1. The first-order chi connectivity index (χ1) is 15.9. The van der Waals surface area contributed by atoms with E-state index in [4.69, 9.17) is 10.6 Å². The summed E-state index contributed by atoms with van der Waals surface area (Å²) in [6, 6.07) is 5.74. The fraction of sp³-hybridized carbons (Fsp3) is 0.400. The van der Waals surface area contributed by atoms with E-state index in [-0.39, 0.29) is 43.1 Å². The van der Waals surface area contributed by atoms with E-state index in [0.717, 1.165) is 12.8 Å². The highest BCUT2D eigenvalue weighted by Gasteiger charge is 2.39. The zero-order valence-corrected chi connectivity index (χ0v) is 18.6. The van der Waals surface area contributed by atoms with Gasteiger partial charge in [-0.15, -0.1) is 0 Å². The van der Waals surface area contributed by atoms with Gasteiger partial charge in [-0.25, -0.2) is 15.3 Å². The van der Waals surface area contributed by atoms with Gasteiger partial charge in [-0.2, -0.15) is 0 Å². The Morgan fingerprint density at radius 3 is 2.73 bits per heavy atom. The van der Waals surface area contributed by atoms with Crippen LogP contribution in [0.15, 0.2) is 64.3 Å². The maximum atomic E-state index is 13.3. The SMILES string of the molecule is CC1=CCC(C[C@@H]2CC3=C(CC(=O)N(CCCON)C3=O)N=C2Oc2ccc(F)cc2)C=C1. The lowest BCUT2D eigenvalue weighted by molar-refractivity contribution is -0.143. The second kappa shape index (κ2) is 10.2. The zero-order valence-electron chi connectivity index (χ0n) is 18.6. The predicted octanol–water partition coefficient (Wildman–Crippen LogP) is 3.83. The summed E-state index contributed by atoms with van der Waals surface area (Å²) in [4.78, 5) is 36.2. The van der Waals surface area contributed by atoms with E-state index in [1.54, 1.807) is 12.1 Å². The van der Waals surface area contributed by atoms with Crippen LogP contribution >= 0.6 is 0 Å². The number of benzene rings is 1. The first-order valence-corrected chi connectivity index (χ1v) is 11.2. The third-order valence-corrected chi connectivity index (χ3v) is 6.16. The van der Waals surface area contributed by atoms with Gasteiger partial charge in [0.25, 0.3) is 5.91 Å². The molecule has 174 valence electrons. The number of halogens is 1. The second-order valence-electron chi connectivity index (χ2n) is 8.62. The molecule has 7 nitrogen and oxygen atoms in total. The van der Waals surface area contributed by atoms with Crippen LogP contribution in [0.3, 0.4) is 0 Å². The van der Waals surface area contributed by atoms with E-state index in [1.165, 1.54) is 22.6 Å². The van der Waals surface area contributed by atoms with Crippen LogP contribution in [0.4, 0.5) is 4.39 Å². The average Bonchev–Trinajstić information content (AvgIpc) is 2.80. The fourth-order valence-corrected chi connectivity index (χ4v) is 4.37. The number of hydrogen-bond donors (Lipinski definition) is 1. The lowest BCUT2D eigenvalue weighted by Gasteiger charge is -2.33. The molecule has 33 heavy (non-hydrogen) atoms. The summed E-state index contributed by atoms with van der Waals surface area (Å²) >= 11 is 0. The number of carbonyl (C=O) groups is 2. The molecule has 2 atom stereocenters. The molecular weight excluding hydrogens is 425 g/mol. The van der Waals surface area contributed by atoms with Crippen LogP contribution < -0.4 is 10.6 Å². The number of carbonyl (C=O) groups excluding carboxylic acids is 2. The van der Waals surface area contributed by atoms with Crippen molar-refractivity contribution in [3.05, 3.63) is 65.2 Å². The van der Waals surface area contributed by atoms with Gasteiger partial charge in [0, 0.05) is 18.0 Å². The van der Waals surface area contributed by atoms with Gasteiger partial charge in [0.05, 0.1) is 18.7 Å². The van der Waals surface area contributed by atoms with Gasteiger partial charge in [-0.3, -0.25) is 14.5 Å². The molecule has 2 heterocycles. The van der Waals surface area contributed by atoms with Crippen molar-refractivity contribution in [2.45, 2.75) is 39.0 Å². The zero-order chi connectivity index (χ0) is 23.4. The molecule has 8 heteroatoms. The number of imide groups is 1. The van der Waals surface area contributed by atoms with Crippen LogP contribution in [0.1, 0.15) is 39.0 Å². The Morgan fingerprint density at radius 1 is 1.24 bits per heavy atom. The molecule has 0 aromatic heterocycles. The molecule has 0 fully saturated rings. The van der Waals surface area contributed by atoms with Gasteiger partial charge in [-0.1, -0.05) is 23.8 Å². The van der Waals surface area contributed by atoms with Crippen LogP contribution in [0, 0.1) is 17.7 Å². The Labute approximate surface area is 192 Å². The minimum absolute atomic E-state index is 0.0405. The molecule has 0 bridgehead atoms. The molecule has 2 N–H and O–H groups in total. The highest BCUT2D eigenvalue weighted by molar-refractivity contribution is 6.09. The average molecular weight is 454 g/mol. The Morgan fingerprint density at radius 2 is 2.03 bits per heavy atom. The number of amides is 2. The van der Waals surface area contributed by atoms with Crippen LogP contribution in [-0.2, 0) is 14.4 Å². The van der Waals surface area contributed by atoms with Crippen molar-refractivity contribution in [1.82, 2.24) is 4.90 Å². The minimum Gasteiger partial charge on any atom is -0.443 e. The van der Waals surface area contributed by atoms with Crippen LogP contribution in [-0.4, -0.2) is 35.8 Å². The van der Waals surface area contributed by atoms with E-state index in [9.17, 15) is 14.0 Å². The molecule has 2 aliphatic heterocycles. The molecule has 0 saturated heterocycles. The minimum atomic E-state index is -0.354. The van der Waals surface area contributed by atoms with Crippen molar-refractivity contribution < 1.29 is 23.6 Å². The number of hydrogen-bond acceptors (Lipinski definition) is 6. The third-order valence-electron chi connectivity index (χ3n) is 6.16.